The highest BCUT2D eigenvalue weighted by atomic mass is 15.3. The van der Waals surface area contributed by atoms with Gasteiger partial charge in [0.25, 0.3) is 0 Å². The second-order valence-corrected chi connectivity index (χ2v) is 4.65. The molecule has 0 aromatic carbocycles. The predicted molar refractivity (Wildman–Crippen MR) is 62.5 cm³/mol. The molecule has 88 valence electrons. The molecule has 3 rings (SSSR count). The minimum absolute atomic E-state index is 0.241. The first-order valence-electron chi connectivity index (χ1n) is 5.37. The number of imidazole rings is 1. The fourth-order valence-electron chi connectivity index (χ4n) is 1.79. The summed E-state index contributed by atoms with van der Waals surface area (Å²) >= 11 is 0. The van der Waals surface area contributed by atoms with Gasteiger partial charge in [0.1, 0.15) is 17.7 Å². The van der Waals surface area contributed by atoms with E-state index in [2.05, 4.69) is 25.1 Å². The van der Waals surface area contributed by atoms with Crippen LogP contribution in [0.25, 0.3) is 16.8 Å². The molecule has 17 heavy (non-hydrogen) atoms. The first kappa shape index (κ1) is 10.2. The van der Waals surface area contributed by atoms with Crippen LogP contribution in [0.15, 0.2) is 12.7 Å². The van der Waals surface area contributed by atoms with Crippen molar-refractivity contribution in [3.8, 4) is 0 Å². The van der Waals surface area contributed by atoms with Crippen LogP contribution < -0.4 is 5.73 Å². The fraction of sp³-hybridized carbons (Fsp3) is 0.400. The normalized spacial score (nSPS) is 12.6. The Bertz CT molecular complexity index is 678. The number of nitrogens with two attached hydrogens (primary N) is 1. The van der Waals surface area contributed by atoms with E-state index in [1.54, 1.807) is 12.7 Å². The molecule has 7 nitrogen and oxygen atoms in total. The highest BCUT2D eigenvalue weighted by Gasteiger charge is 2.25. The minimum Gasteiger partial charge on any atom is -0.340 e. The van der Waals surface area contributed by atoms with Crippen LogP contribution in [0, 0.1) is 0 Å². The van der Waals surface area contributed by atoms with Crippen molar-refractivity contribution in [1.29, 1.82) is 0 Å². The first-order valence-corrected chi connectivity index (χ1v) is 5.37. The summed E-state index contributed by atoms with van der Waals surface area (Å²) in [5.74, 6) is 0.805. The zero-order chi connectivity index (χ0) is 12.0. The lowest BCUT2D eigenvalue weighted by Gasteiger charge is -2.19. The molecule has 7 heteroatoms. The van der Waals surface area contributed by atoms with Gasteiger partial charge >= 0.3 is 0 Å². The van der Waals surface area contributed by atoms with Gasteiger partial charge in [-0.25, -0.2) is 9.97 Å². The van der Waals surface area contributed by atoms with Gasteiger partial charge in [0.15, 0.2) is 11.3 Å². The topological polar surface area (TPSA) is 97.8 Å². The zero-order valence-electron chi connectivity index (χ0n) is 9.68. The van der Waals surface area contributed by atoms with E-state index in [0.29, 0.717) is 12.2 Å². The van der Waals surface area contributed by atoms with Crippen molar-refractivity contribution < 1.29 is 0 Å². The molecule has 0 aliphatic rings. The molecular weight excluding hydrogens is 218 g/mol. The Labute approximate surface area is 97.1 Å². The van der Waals surface area contributed by atoms with E-state index in [1.165, 1.54) is 0 Å². The summed E-state index contributed by atoms with van der Waals surface area (Å²) in [6.45, 7) is 4.55. The number of aromatic amines is 1. The van der Waals surface area contributed by atoms with Crippen molar-refractivity contribution in [3.63, 3.8) is 0 Å². The lowest BCUT2D eigenvalue weighted by atomic mass is 9.93. The number of nitrogens with zero attached hydrogens (tertiary/aromatic N) is 5. The third kappa shape index (κ3) is 1.32. The van der Waals surface area contributed by atoms with Crippen LogP contribution in [-0.4, -0.2) is 36.1 Å². The summed E-state index contributed by atoms with van der Waals surface area (Å²) in [5.41, 5.74) is 7.68. The van der Waals surface area contributed by atoms with Gasteiger partial charge in [0, 0.05) is 12.0 Å². The average molecular weight is 231 g/mol. The van der Waals surface area contributed by atoms with Crippen molar-refractivity contribution in [3.05, 3.63) is 18.5 Å². The van der Waals surface area contributed by atoms with Gasteiger partial charge in [-0.05, 0) is 0 Å². The van der Waals surface area contributed by atoms with E-state index in [1.807, 2.05) is 18.2 Å². The molecule has 0 radical (unpaired) electrons. The molecule has 0 aliphatic heterocycles. The number of fused-ring (bicyclic) bond motifs is 3. The Morgan fingerprint density at radius 2 is 2.18 bits per heavy atom. The summed E-state index contributed by atoms with van der Waals surface area (Å²) in [5, 5.41) is 8.39. The largest absolute Gasteiger partial charge is 0.340 e. The number of H-pyrrole nitrogens is 1. The average Bonchev–Trinajstić information content (AvgIpc) is 2.94. The molecule has 0 amide bonds. The zero-order valence-corrected chi connectivity index (χ0v) is 9.68. The van der Waals surface area contributed by atoms with Gasteiger partial charge in [0.2, 0.25) is 0 Å². The first-order chi connectivity index (χ1) is 8.13. The van der Waals surface area contributed by atoms with E-state index >= 15 is 0 Å². The van der Waals surface area contributed by atoms with Crippen molar-refractivity contribution in [2.24, 2.45) is 5.73 Å². The molecule has 0 saturated heterocycles. The van der Waals surface area contributed by atoms with E-state index in [9.17, 15) is 0 Å². The highest BCUT2D eigenvalue weighted by Crippen LogP contribution is 2.22. The summed E-state index contributed by atoms with van der Waals surface area (Å²) in [6, 6.07) is 0. The van der Waals surface area contributed by atoms with Crippen LogP contribution in [-0.2, 0) is 5.41 Å². The molecule has 3 aromatic heterocycles. The Morgan fingerprint density at radius 3 is 2.94 bits per heavy atom. The Balaban J connectivity index is 2.36. The summed E-state index contributed by atoms with van der Waals surface area (Å²) in [7, 11) is 0. The Hall–Kier alpha value is -2.02. The molecule has 3 aromatic rings. The summed E-state index contributed by atoms with van der Waals surface area (Å²) in [4.78, 5) is 11.4. The standard InChI is InChI=1S/C10H13N7/c1-10(2,3-11)9-16-15-8-6-7(13-4-12-6)14-5-17(8)9/h4-5H,3,11H2,1-2H3,(H,12,13). The van der Waals surface area contributed by atoms with Crippen molar-refractivity contribution in [1.82, 2.24) is 29.5 Å². The number of rotatable bonds is 2. The fourth-order valence-corrected chi connectivity index (χ4v) is 1.79. The van der Waals surface area contributed by atoms with E-state index in [-0.39, 0.29) is 5.41 Å². The summed E-state index contributed by atoms with van der Waals surface area (Å²) in [6.07, 6.45) is 3.28. The second kappa shape index (κ2) is 3.24. The third-order valence-electron chi connectivity index (χ3n) is 2.95. The van der Waals surface area contributed by atoms with E-state index in [0.717, 1.165) is 17.0 Å². The maximum atomic E-state index is 5.76. The second-order valence-electron chi connectivity index (χ2n) is 4.65. The van der Waals surface area contributed by atoms with Crippen LogP contribution in [0.3, 0.4) is 0 Å². The Kier molecular flexibility index (Phi) is 1.93. The molecule has 3 heterocycles. The molecule has 0 aliphatic carbocycles. The number of hydrogen-bond donors (Lipinski definition) is 2. The SMILES string of the molecule is CC(C)(CN)c1nnc2c3[nH]cnc3ncn12. The van der Waals surface area contributed by atoms with E-state index in [4.69, 9.17) is 5.73 Å². The molecule has 0 bridgehead atoms. The van der Waals surface area contributed by atoms with Crippen molar-refractivity contribution in [2.45, 2.75) is 19.3 Å². The highest BCUT2D eigenvalue weighted by molar-refractivity contribution is 5.84. The van der Waals surface area contributed by atoms with Gasteiger partial charge in [-0.2, -0.15) is 0 Å². The lowest BCUT2D eigenvalue weighted by Crippen LogP contribution is -2.30. The third-order valence-corrected chi connectivity index (χ3v) is 2.95. The van der Waals surface area contributed by atoms with E-state index < -0.39 is 0 Å². The monoisotopic (exact) mass is 231 g/mol. The smallest absolute Gasteiger partial charge is 0.189 e. The number of hydrogen-bond acceptors (Lipinski definition) is 5. The lowest BCUT2D eigenvalue weighted by molar-refractivity contribution is 0.496. The van der Waals surface area contributed by atoms with Gasteiger partial charge in [-0.15, -0.1) is 10.2 Å². The Morgan fingerprint density at radius 1 is 1.35 bits per heavy atom. The minimum atomic E-state index is -0.241. The van der Waals surface area contributed by atoms with Crippen molar-refractivity contribution in [2.75, 3.05) is 6.54 Å². The molecule has 0 atom stereocenters. The molecule has 0 unspecified atom stereocenters. The molecule has 0 saturated carbocycles. The predicted octanol–water partition coefficient (Wildman–Crippen LogP) is 0.237. The van der Waals surface area contributed by atoms with Crippen LogP contribution in [0.5, 0.6) is 0 Å². The van der Waals surface area contributed by atoms with Crippen LogP contribution in [0.4, 0.5) is 0 Å². The molecule has 0 fully saturated rings. The maximum Gasteiger partial charge on any atom is 0.189 e. The molecule has 0 spiro atoms. The van der Waals surface area contributed by atoms with Crippen molar-refractivity contribution >= 4 is 16.8 Å². The molecular formula is C10H13N7. The van der Waals surface area contributed by atoms with Crippen LogP contribution in [0.1, 0.15) is 19.7 Å². The summed E-state index contributed by atoms with van der Waals surface area (Å²) < 4.78 is 1.85. The maximum absolute atomic E-state index is 5.76. The van der Waals surface area contributed by atoms with Gasteiger partial charge in [-0.1, -0.05) is 13.8 Å². The quantitative estimate of drug-likeness (QED) is 0.658. The number of aromatic nitrogens is 6. The van der Waals surface area contributed by atoms with Crippen LogP contribution in [0.2, 0.25) is 0 Å². The molecule has 3 N–H and O–H groups in total. The van der Waals surface area contributed by atoms with Gasteiger partial charge in [0.05, 0.1) is 6.33 Å². The van der Waals surface area contributed by atoms with Crippen LogP contribution >= 0.6 is 0 Å². The van der Waals surface area contributed by atoms with Gasteiger partial charge < -0.3 is 10.7 Å². The number of nitrogens with one attached hydrogen (secondary N) is 1. The van der Waals surface area contributed by atoms with Gasteiger partial charge in [-0.3, -0.25) is 4.40 Å².